The van der Waals surface area contributed by atoms with Gasteiger partial charge in [0.25, 0.3) is 5.56 Å². The van der Waals surface area contributed by atoms with Crippen molar-refractivity contribution in [1.29, 1.82) is 0 Å². The van der Waals surface area contributed by atoms with E-state index in [4.69, 9.17) is 4.74 Å². The molecule has 116 valence electrons. The van der Waals surface area contributed by atoms with Gasteiger partial charge in [-0.3, -0.25) is 9.78 Å². The molecule has 0 saturated carbocycles. The molecule has 4 rings (SSSR count). The Morgan fingerprint density at radius 3 is 3.17 bits per heavy atom. The number of H-pyrrole nitrogens is 1. The fourth-order valence-corrected chi connectivity index (χ4v) is 2.82. The summed E-state index contributed by atoms with van der Waals surface area (Å²) in [4.78, 5) is 19.6. The van der Waals surface area contributed by atoms with Crippen molar-refractivity contribution >= 4 is 17.9 Å². The van der Waals surface area contributed by atoms with Crippen LogP contribution in [0.25, 0.3) is 17.9 Å². The number of rotatable bonds is 2. The maximum absolute atomic E-state index is 12.3. The summed E-state index contributed by atoms with van der Waals surface area (Å²) in [7, 11) is 1.62. The van der Waals surface area contributed by atoms with E-state index in [2.05, 4.69) is 21.1 Å². The number of ether oxygens (including phenoxy) is 1. The van der Waals surface area contributed by atoms with Crippen molar-refractivity contribution in [3.05, 3.63) is 56.6 Å². The summed E-state index contributed by atoms with van der Waals surface area (Å²) in [5, 5.41) is 5.95. The van der Waals surface area contributed by atoms with Gasteiger partial charge in [0, 0.05) is 0 Å². The first-order valence-corrected chi connectivity index (χ1v) is 7.58. The van der Waals surface area contributed by atoms with Crippen LogP contribution in [0.3, 0.4) is 0 Å². The van der Waals surface area contributed by atoms with Gasteiger partial charge < -0.3 is 4.74 Å². The Kier molecular flexibility index (Phi) is 3.22. The van der Waals surface area contributed by atoms with Crippen LogP contribution in [0.4, 0.5) is 0 Å². The van der Waals surface area contributed by atoms with Gasteiger partial charge in [-0.2, -0.15) is 9.61 Å². The van der Waals surface area contributed by atoms with E-state index in [9.17, 15) is 4.79 Å². The van der Waals surface area contributed by atoms with Gasteiger partial charge in [0.1, 0.15) is 11.1 Å². The van der Waals surface area contributed by atoms with Gasteiger partial charge in [0.15, 0.2) is 0 Å². The zero-order valence-corrected chi connectivity index (χ0v) is 12.7. The number of aromatic nitrogens is 4. The zero-order chi connectivity index (χ0) is 15.8. The third-order valence-corrected chi connectivity index (χ3v) is 3.98. The molecule has 6 heteroatoms. The molecule has 0 unspecified atom stereocenters. The molecular formula is C17H16N4O2. The summed E-state index contributed by atoms with van der Waals surface area (Å²) in [5.41, 5.74) is 1.61. The second kappa shape index (κ2) is 5.39. The molecule has 0 radical (unpaired) electrons. The highest BCUT2D eigenvalue weighted by Gasteiger charge is 2.10. The number of hydrogen-bond donors (Lipinski definition) is 1. The molecule has 1 aliphatic carbocycles. The van der Waals surface area contributed by atoms with Crippen LogP contribution >= 0.6 is 0 Å². The Morgan fingerprint density at radius 2 is 2.30 bits per heavy atom. The predicted octanol–water partition coefficient (Wildman–Crippen LogP) is 0.372. The molecule has 23 heavy (non-hydrogen) atoms. The van der Waals surface area contributed by atoms with Gasteiger partial charge >= 0.3 is 0 Å². The maximum Gasteiger partial charge on any atom is 0.276 e. The Labute approximate surface area is 131 Å². The molecule has 0 saturated heterocycles. The molecule has 1 aromatic carbocycles. The van der Waals surface area contributed by atoms with E-state index in [1.807, 2.05) is 24.3 Å². The average molecular weight is 308 g/mol. The van der Waals surface area contributed by atoms with Crippen molar-refractivity contribution in [3.63, 3.8) is 0 Å². The predicted molar refractivity (Wildman–Crippen MR) is 86.8 cm³/mol. The quantitative estimate of drug-likeness (QED) is 0.742. The summed E-state index contributed by atoms with van der Waals surface area (Å²) < 4.78 is 6.82. The van der Waals surface area contributed by atoms with Crippen molar-refractivity contribution in [2.75, 3.05) is 7.11 Å². The Balaban J connectivity index is 1.97. The van der Waals surface area contributed by atoms with Crippen molar-refractivity contribution in [1.82, 2.24) is 19.6 Å². The third-order valence-electron chi connectivity index (χ3n) is 3.98. The molecule has 0 amide bonds. The molecule has 0 spiro atoms. The first-order valence-electron chi connectivity index (χ1n) is 7.58. The summed E-state index contributed by atoms with van der Waals surface area (Å²) in [6.07, 6.45) is 6.83. The first-order chi connectivity index (χ1) is 11.2. The number of hydrogen-bond acceptors (Lipinski definition) is 4. The van der Waals surface area contributed by atoms with Crippen LogP contribution in [0.2, 0.25) is 0 Å². The highest BCUT2D eigenvalue weighted by Crippen LogP contribution is 2.12. The van der Waals surface area contributed by atoms with E-state index in [1.165, 1.54) is 0 Å². The topological polar surface area (TPSA) is 72.3 Å². The minimum Gasteiger partial charge on any atom is -0.497 e. The summed E-state index contributed by atoms with van der Waals surface area (Å²) in [5.74, 6) is 1.22. The smallest absolute Gasteiger partial charge is 0.276 e. The Hall–Kier alpha value is -2.89. The highest BCUT2D eigenvalue weighted by atomic mass is 16.5. The van der Waals surface area contributed by atoms with Crippen molar-refractivity contribution in [3.8, 4) is 5.75 Å². The summed E-state index contributed by atoms with van der Waals surface area (Å²) >= 11 is 0. The molecule has 0 bridgehead atoms. The first kappa shape index (κ1) is 13.8. The molecule has 0 aliphatic heterocycles. The van der Waals surface area contributed by atoms with Gasteiger partial charge in [-0.15, -0.1) is 0 Å². The highest BCUT2D eigenvalue weighted by molar-refractivity contribution is 5.51. The number of aromatic amines is 1. The van der Waals surface area contributed by atoms with E-state index < -0.39 is 0 Å². The Morgan fingerprint density at radius 1 is 1.39 bits per heavy atom. The second-order valence-corrected chi connectivity index (χ2v) is 5.54. The number of nitrogens with zero attached hydrogens (tertiary/aromatic N) is 3. The molecule has 2 aromatic heterocycles. The number of methoxy groups -OCH3 is 1. The molecule has 1 aliphatic rings. The standard InChI is InChI=1S/C17H16N4O2/c1-23-12-6-4-5-11(9-12)10-15-16(22)19-17-18-13-7-2-3-8-14(13)20-21(15)17/h4-7,9-10H,2-3,8H2,1H3,(H,18,19,22)/b15-10-. The van der Waals surface area contributed by atoms with Crippen LogP contribution in [0.1, 0.15) is 24.1 Å². The minimum absolute atomic E-state index is 0.199. The number of nitrogens with one attached hydrogen (secondary N) is 1. The lowest BCUT2D eigenvalue weighted by Crippen LogP contribution is -2.30. The number of fused-ring (bicyclic) bond motifs is 2. The maximum atomic E-state index is 12.3. The average Bonchev–Trinajstić information content (AvgIpc) is 2.88. The fraction of sp³-hybridized carbons (Fsp3) is 0.235. The van der Waals surface area contributed by atoms with Crippen LogP contribution in [-0.4, -0.2) is 26.7 Å². The van der Waals surface area contributed by atoms with Gasteiger partial charge in [0.05, 0.1) is 18.2 Å². The van der Waals surface area contributed by atoms with Crippen molar-refractivity contribution in [2.24, 2.45) is 0 Å². The van der Waals surface area contributed by atoms with Crippen LogP contribution in [0, 0.1) is 0 Å². The van der Waals surface area contributed by atoms with Gasteiger partial charge in [0.2, 0.25) is 5.78 Å². The van der Waals surface area contributed by atoms with E-state index in [-0.39, 0.29) is 5.56 Å². The number of aryl methyl sites for hydroxylation is 1. The Bertz CT molecular complexity index is 1060. The molecule has 0 atom stereocenters. The molecule has 0 fully saturated rings. The van der Waals surface area contributed by atoms with E-state index in [0.717, 1.165) is 41.6 Å². The van der Waals surface area contributed by atoms with E-state index in [0.29, 0.717) is 11.1 Å². The van der Waals surface area contributed by atoms with Crippen LogP contribution in [0.15, 0.2) is 29.1 Å². The normalized spacial score (nSPS) is 14.6. The monoisotopic (exact) mass is 308 g/mol. The van der Waals surface area contributed by atoms with Crippen molar-refractivity contribution < 1.29 is 4.74 Å². The summed E-state index contributed by atoms with van der Waals surface area (Å²) in [6.45, 7) is 0. The zero-order valence-electron chi connectivity index (χ0n) is 12.7. The molecular weight excluding hydrogens is 292 g/mol. The molecule has 1 N–H and O–H groups in total. The number of imidazole rings is 1. The van der Waals surface area contributed by atoms with Gasteiger partial charge in [-0.25, -0.2) is 4.98 Å². The lowest BCUT2D eigenvalue weighted by molar-refractivity contribution is 0.414. The minimum atomic E-state index is -0.199. The van der Waals surface area contributed by atoms with E-state index in [1.54, 1.807) is 17.7 Å². The number of benzene rings is 1. The van der Waals surface area contributed by atoms with Crippen LogP contribution in [-0.2, 0) is 6.42 Å². The SMILES string of the molecule is COc1cccc(/C=c2/c(=O)[nH]c3nc4c(nn23)CCCC=4)c1. The molecule has 2 heterocycles. The van der Waals surface area contributed by atoms with Crippen molar-refractivity contribution in [2.45, 2.75) is 19.3 Å². The lowest BCUT2D eigenvalue weighted by atomic mass is 10.1. The molecule has 6 nitrogen and oxygen atoms in total. The van der Waals surface area contributed by atoms with E-state index >= 15 is 0 Å². The third kappa shape index (κ3) is 2.42. The second-order valence-electron chi connectivity index (χ2n) is 5.54. The van der Waals surface area contributed by atoms with Gasteiger partial charge in [-0.1, -0.05) is 18.2 Å². The summed E-state index contributed by atoms with van der Waals surface area (Å²) in [6, 6.07) is 7.54. The van der Waals surface area contributed by atoms with Gasteiger partial charge in [-0.05, 0) is 43.0 Å². The van der Waals surface area contributed by atoms with Crippen LogP contribution in [0.5, 0.6) is 5.75 Å². The van der Waals surface area contributed by atoms with Crippen LogP contribution < -0.4 is 21.0 Å². The molecule has 3 aromatic rings. The largest absolute Gasteiger partial charge is 0.497 e. The fourth-order valence-electron chi connectivity index (χ4n) is 2.82. The lowest BCUT2D eigenvalue weighted by Gasteiger charge is -2.06.